The van der Waals surface area contributed by atoms with Gasteiger partial charge in [0.05, 0.1) is 27.6 Å². The molecule has 6 nitrogen and oxygen atoms in total. The van der Waals surface area contributed by atoms with Crippen LogP contribution in [0.1, 0.15) is 93.6 Å². The molecule has 1 unspecified atom stereocenters. The number of benzene rings is 2. The standard InChI is InChI=1S/C35H47ClN2O4S/c1-5-35(40)17-6-8-23(2)24(3)43(4,41)37-33(39)26-11-15-32-31(19-26)38(20-27-10-13-30(27)35)21-34(22-42-32)16-7-9-25-18-28(36)12-14-29(25)34/h11-12,14-15,18-19,23-24,27,30,40H,4-10,13,16-17,20-22H2,1-3H3,(H,37,39,41)/t23-,24+,27-,30+,34-,35-,43?/m0/s1. The van der Waals surface area contributed by atoms with E-state index < -0.39 is 15.3 Å². The Labute approximate surface area is 262 Å². The quantitative estimate of drug-likeness (QED) is 0.351. The van der Waals surface area contributed by atoms with Crippen molar-refractivity contribution in [3.8, 4) is 5.75 Å². The van der Waals surface area contributed by atoms with Gasteiger partial charge in [0.15, 0.2) is 0 Å². The van der Waals surface area contributed by atoms with Crippen LogP contribution in [-0.2, 0) is 21.5 Å². The first-order chi connectivity index (χ1) is 20.4. The highest BCUT2D eigenvalue weighted by molar-refractivity contribution is 7.99. The zero-order chi connectivity index (χ0) is 30.6. The van der Waals surface area contributed by atoms with Crippen LogP contribution in [0.2, 0.25) is 5.02 Å². The Bertz CT molecular complexity index is 1490. The third-order valence-corrected chi connectivity index (χ3v) is 13.8. The molecule has 2 aromatic carbocycles. The van der Waals surface area contributed by atoms with Crippen molar-refractivity contribution in [1.29, 1.82) is 0 Å². The summed E-state index contributed by atoms with van der Waals surface area (Å²) in [5.41, 5.74) is 3.00. The zero-order valence-corrected chi connectivity index (χ0v) is 27.4. The molecule has 0 radical (unpaired) electrons. The van der Waals surface area contributed by atoms with Crippen LogP contribution in [0.25, 0.3) is 0 Å². The summed E-state index contributed by atoms with van der Waals surface area (Å²) >= 11 is 6.43. The van der Waals surface area contributed by atoms with Gasteiger partial charge in [-0.1, -0.05) is 37.9 Å². The van der Waals surface area contributed by atoms with Crippen molar-refractivity contribution >= 4 is 38.8 Å². The van der Waals surface area contributed by atoms with Crippen LogP contribution >= 0.6 is 11.6 Å². The van der Waals surface area contributed by atoms with Crippen molar-refractivity contribution in [3.05, 3.63) is 58.1 Å². The van der Waals surface area contributed by atoms with Gasteiger partial charge in [0.2, 0.25) is 0 Å². The number of hydrogen-bond donors (Lipinski definition) is 2. The Morgan fingerprint density at radius 1 is 1.14 bits per heavy atom. The van der Waals surface area contributed by atoms with Crippen molar-refractivity contribution in [2.75, 3.05) is 24.6 Å². The summed E-state index contributed by atoms with van der Waals surface area (Å²) in [4.78, 5) is 16.0. The maximum absolute atomic E-state index is 13.7. The monoisotopic (exact) mass is 626 g/mol. The van der Waals surface area contributed by atoms with Crippen molar-refractivity contribution in [3.63, 3.8) is 0 Å². The Hall–Kier alpha value is -2.22. The van der Waals surface area contributed by atoms with Gasteiger partial charge in [-0.15, -0.1) is 0 Å². The molecule has 2 aliphatic carbocycles. The Morgan fingerprint density at radius 3 is 2.70 bits per heavy atom. The van der Waals surface area contributed by atoms with Crippen LogP contribution in [0.15, 0.2) is 36.4 Å². The van der Waals surface area contributed by atoms with Crippen molar-refractivity contribution < 1.29 is 18.8 Å². The number of fused-ring (bicyclic) bond motifs is 4. The molecule has 2 heterocycles. The van der Waals surface area contributed by atoms with E-state index in [1.165, 1.54) is 11.1 Å². The molecule has 1 fully saturated rings. The van der Waals surface area contributed by atoms with Gasteiger partial charge in [-0.25, -0.2) is 4.21 Å². The second kappa shape index (κ2) is 11.6. The van der Waals surface area contributed by atoms with E-state index in [1.807, 2.05) is 25.1 Å². The Kier molecular flexibility index (Phi) is 8.31. The van der Waals surface area contributed by atoms with Crippen LogP contribution in [0.5, 0.6) is 5.75 Å². The summed E-state index contributed by atoms with van der Waals surface area (Å²) in [5.74, 6) is 5.05. The van der Waals surface area contributed by atoms with Gasteiger partial charge in [-0.3, -0.25) is 9.52 Å². The lowest BCUT2D eigenvalue weighted by atomic mass is 9.62. The fraction of sp³-hybridized carbons (Fsp3) is 0.600. The van der Waals surface area contributed by atoms with E-state index in [2.05, 4.69) is 41.5 Å². The topological polar surface area (TPSA) is 78.9 Å². The van der Waals surface area contributed by atoms with E-state index in [9.17, 15) is 14.1 Å². The first-order valence-corrected chi connectivity index (χ1v) is 18.3. The summed E-state index contributed by atoms with van der Waals surface area (Å²) in [6, 6.07) is 11.8. The zero-order valence-electron chi connectivity index (χ0n) is 25.9. The molecule has 234 valence electrons. The van der Waals surface area contributed by atoms with Crippen molar-refractivity contribution in [2.45, 2.75) is 94.8 Å². The number of anilines is 1. The summed E-state index contributed by atoms with van der Waals surface area (Å²) in [6.45, 7) is 8.20. The number of rotatable bonds is 1. The predicted molar refractivity (Wildman–Crippen MR) is 177 cm³/mol. The van der Waals surface area contributed by atoms with Gasteiger partial charge < -0.3 is 14.7 Å². The third-order valence-electron chi connectivity index (χ3n) is 11.4. The van der Waals surface area contributed by atoms with E-state index in [1.54, 1.807) is 6.07 Å². The molecule has 8 heteroatoms. The number of nitrogens with one attached hydrogen (secondary N) is 1. The minimum atomic E-state index is -2.90. The number of hydrogen-bond acceptors (Lipinski definition) is 5. The van der Waals surface area contributed by atoms with Crippen LogP contribution in [0.3, 0.4) is 0 Å². The smallest absolute Gasteiger partial charge is 0.262 e. The molecular formula is C35H47ClN2O4S. The minimum absolute atomic E-state index is 0.0943. The Balaban J connectivity index is 1.43. The van der Waals surface area contributed by atoms with Crippen molar-refractivity contribution in [2.24, 2.45) is 17.8 Å². The van der Waals surface area contributed by atoms with Gasteiger partial charge in [-0.05, 0) is 123 Å². The number of ether oxygens (including phenoxy) is 1. The lowest BCUT2D eigenvalue weighted by Gasteiger charge is -2.50. The number of carbonyl (C=O) groups excluding carboxylic acids is 1. The summed E-state index contributed by atoms with van der Waals surface area (Å²) in [7, 11) is -2.90. The maximum atomic E-state index is 13.7. The van der Waals surface area contributed by atoms with Gasteiger partial charge in [0.1, 0.15) is 5.75 Å². The normalized spacial score (nSPS) is 36.4. The van der Waals surface area contributed by atoms with E-state index in [0.717, 1.165) is 87.3 Å². The second-order valence-electron chi connectivity index (χ2n) is 13.9. The lowest BCUT2D eigenvalue weighted by Crippen LogP contribution is -2.53. The van der Waals surface area contributed by atoms with Gasteiger partial charge >= 0.3 is 0 Å². The Morgan fingerprint density at radius 2 is 1.95 bits per heavy atom. The predicted octanol–water partition coefficient (Wildman–Crippen LogP) is 6.55. The molecular weight excluding hydrogens is 580 g/mol. The molecule has 1 amide bonds. The molecule has 6 rings (SSSR count). The second-order valence-corrected chi connectivity index (χ2v) is 16.8. The van der Waals surface area contributed by atoms with E-state index in [4.69, 9.17) is 16.3 Å². The lowest BCUT2D eigenvalue weighted by molar-refractivity contribution is -0.0909. The molecule has 1 saturated carbocycles. The number of aryl methyl sites for hydroxylation is 1. The maximum Gasteiger partial charge on any atom is 0.262 e. The summed E-state index contributed by atoms with van der Waals surface area (Å²) < 4.78 is 23.1. The molecule has 4 aliphatic rings. The molecule has 7 atom stereocenters. The van der Waals surface area contributed by atoms with Crippen LogP contribution in [0, 0.1) is 17.8 Å². The summed E-state index contributed by atoms with van der Waals surface area (Å²) in [6.07, 6.45) is 8.32. The highest BCUT2D eigenvalue weighted by atomic mass is 35.5. The first kappa shape index (κ1) is 30.8. The van der Waals surface area contributed by atoms with E-state index in [-0.39, 0.29) is 28.4 Å². The molecule has 2 bridgehead atoms. The summed E-state index contributed by atoms with van der Waals surface area (Å²) in [5, 5.41) is 12.5. The van der Waals surface area contributed by atoms with Crippen LogP contribution in [-0.4, -0.2) is 51.6 Å². The third kappa shape index (κ3) is 5.70. The largest absolute Gasteiger partial charge is 0.490 e. The number of nitrogens with zero attached hydrogens (tertiary/aromatic N) is 1. The molecule has 1 spiro atoms. The van der Waals surface area contributed by atoms with Gasteiger partial charge in [0.25, 0.3) is 5.91 Å². The van der Waals surface area contributed by atoms with Crippen LogP contribution in [0.4, 0.5) is 5.69 Å². The number of halogens is 1. The fourth-order valence-corrected chi connectivity index (χ4v) is 10.0. The van der Waals surface area contributed by atoms with E-state index in [0.29, 0.717) is 18.1 Å². The fourth-order valence-electron chi connectivity index (χ4n) is 8.31. The molecule has 0 saturated heterocycles. The molecule has 2 aliphatic heterocycles. The SMILES string of the molecule is C=S1(=O)NC(=O)c2ccc3c(c2)N(C[C@@H]2CC[C@H]2[C@](O)(CC)CCC[C@H](C)[C@H]1C)C[C@@]1(CCCc2cc(Cl)ccc21)CO3. The average molecular weight is 627 g/mol. The van der Waals surface area contributed by atoms with Crippen LogP contribution < -0.4 is 14.4 Å². The average Bonchev–Trinajstić information content (AvgIpc) is 3.11. The number of amides is 1. The molecule has 43 heavy (non-hydrogen) atoms. The highest BCUT2D eigenvalue weighted by Gasteiger charge is 2.48. The molecule has 2 N–H and O–H groups in total. The highest BCUT2D eigenvalue weighted by Crippen LogP contribution is 2.49. The number of carbonyl (C=O) groups is 1. The number of aliphatic hydroxyl groups is 1. The van der Waals surface area contributed by atoms with Gasteiger partial charge in [0, 0.05) is 34.3 Å². The molecule has 0 aromatic heterocycles. The van der Waals surface area contributed by atoms with Gasteiger partial charge in [-0.2, -0.15) is 0 Å². The molecule has 2 aromatic rings. The minimum Gasteiger partial charge on any atom is -0.490 e. The van der Waals surface area contributed by atoms with E-state index >= 15 is 0 Å². The first-order valence-electron chi connectivity index (χ1n) is 16.2. The van der Waals surface area contributed by atoms with Crippen molar-refractivity contribution in [1.82, 2.24) is 4.72 Å².